The number of rotatable bonds is 9. The van der Waals surface area contributed by atoms with Crippen molar-refractivity contribution in [3.05, 3.63) is 70.8 Å². The highest BCUT2D eigenvalue weighted by Crippen LogP contribution is 2.20. The lowest BCUT2D eigenvalue weighted by Gasteiger charge is -2.07. The van der Waals surface area contributed by atoms with Crippen molar-refractivity contribution < 1.29 is 14.3 Å². The highest BCUT2D eigenvalue weighted by molar-refractivity contribution is 7.09. The number of hydrogen-bond acceptors (Lipinski definition) is 6. The average Bonchev–Trinajstić information content (AvgIpc) is 3.24. The summed E-state index contributed by atoms with van der Waals surface area (Å²) in [5.41, 5.74) is 2.80. The summed E-state index contributed by atoms with van der Waals surface area (Å²) >= 11 is 1.50. The zero-order chi connectivity index (χ0) is 20.3. The molecule has 0 saturated heterocycles. The van der Waals surface area contributed by atoms with Crippen molar-refractivity contribution in [1.82, 2.24) is 20.6 Å². The second-order valence-corrected chi connectivity index (χ2v) is 7.17. The Bertz CT molecular complexity index is 916. The van der Waals surface area contributed by atoms with Crippen LogP contribution in [0.2, 0.25) is 0 Å². The summed E-state index contributed by atoms with van der Waals surface area (Å²) in [4.78, 5) is 32.1. The topological polar surface area (TPSA) is 93.2 Å². The Labute approximate surface area is 173 Å². The van der Waals surface area contributed by atoms with E-state index in [0.717, 1.165) is 21.8 Å². The maximum atomic E-state index is 12.0. The Balaban J connectivity index is 1.28. The Kier molecular flexibility index (Phi) is 7.71. The fraction of sp³-hybridized carbons (Fsp3) is 0.238. The van der Waals surface area contributed by atoms with E-state index >= 15 is 0 Å². The molecule has 0 saturated carbocycles. The molecular weight excluding hydrogens is 388 g/mol. The lowest BCUT2D eigenvalue weighted by Crippen LogP contribution is -2.27. The maximum Gasteiger partial charge on any atom is 0.407 e. The number of nitrogens with one attached hydrogen (secondary N) is 2. The molecule has 3 aromatic rings. The summed E-state index contributed by atoms with van der Waals surface area (Å²) in [6.45, 7) is 0.994. The molecule has 0 spiro atoms. The molecular formula is C21H22N4O3S. The van der Waals surface area contributed by atoms with Crippen molar-refractivity contribution in [2.75, 3.05) is 6.54 Å². The highest BCUT2D eigenvalue weighted by Gasteiger charge is 2.07. The van der Waals surface area contributed by atoms with Crippen LogP contribution in [0.5, 0.6) is 0 Å². The number of ether oxygens (including phenoxy) is 1. The second-order valence-electron chi connectivity index (χ2n) is 6.23. The van der Waals surface area contributed by atoms with Gasteiger partial charge in [-0.1, -0.05) is 30.3 Å². The number of amides is 2. The molecule has 7 nitrogen and oxygen atoms in total. The smallest absolute Gasteiger partial charge is 0.407 e. The molecule has 2 heterocycles. The van der Waals surface area contributed by atoms with Gasteiger partial charge in [0, 0.05) is 36.3 Å². The van der Waals surface area contributed by atoms with Crippen molar-refractivity contribution in [3.8, 4) is 11.3 Å². The van der Waals surface area contributed by atoms with Crippen LogP contribution in [0.15, 0.2) is 60.2 Å². The van der Waals surface area contributed by atoms with Gasteiger partial charge >= 0.3 is 6.09 Å². The van der Waals surface area contributed by atoms with Crippen LogP contribution in [0.25, 0.3) is 11.3 Å². The fourth-order valence-corrected chi connectivity index (χ4v) is 3.27. The minimum atomic E-state index is -0.485. The Hall–Kier alpha value is -3.26. The van der Waals surface area contributed by atoms with E-state index in [2.05, 4.69) is 20.6 Å². The number of nitrogens with zero attached hydrogens (tertiary/aromatic N) is 2. The van der Waals surface area contributed by atoms with Crippen molar-refractivity contribution >= 4 is 23.3 Å². The second kappa shape index (κ2) is 10.9. The summed E-state index contributed by atoms with van der Waals surface area (Å²) in [6, 6.07) is 13.3. The van der Waals surface area contributed by atoms with Gasteiger partial charge in [-0.25, -0.2) is 9.78 Å². The SMILES string of the molecule is O=C(CCCNC(=O)OCc1ccccc1)NCc1nc(-c2ccncc2)cs1. The predicted molar refractivity (Wildman–Crippen MR) is 111 cm³/mol. The molecule has 29 heavy (non-hydrogen) atoms. The summed E-state index contributed by atoms with van der Waals surface area (Å²) in [5.74, 6) is -0.0786. The number of alkyl carbamates (subject to hydrolysis) is 1. The zero-order valence-electron chi connectivity index (χ0n) is 15.8. The standard InChI is InChI=1S/C21H22N4O3S/c26-19(7-4-10-23-21(27)28-14-16-5-2-1-3-6-16)24-13-20-25-18(15-29-20)17-8-11-22-12-9-17/h1-3,5-6,8-9,11-12,15H,4,7,10,13-14H2,(H,23,27)(H,24,26). The number of aromatic nitrogens is 2. The Morgan fingerprint density at radius 1 is 1.03 bits per heavy atom. The first-order chi connectivity index (χ1) is 14.2. The van der Waals surface area contributed by atoms with E-state index in [1.54, 1.807) is 12.4 Å². The van der Waals surface area contributed by atoms with Crippen LogP contribution in [0, 0.1) is 0 Å². The van der Waals surface area contributed by atoms with E-state index in [9.17, 15) is 9.59 Å². The lowest BCUT2D eigenvalue weighted by molar-refractivity contribution is -0.121. The molecule has 0 bridgehead atoms. The molecule has 0 aliphatic carbocycles. The molecule has 0 fully saturated rings. The van der Waals surface area contributed by atoms with Gasteiger partial charge in [-0.05, 0) is 24.1 Å². The molecule has 1 aromatic carbocycles. The van der Waals surface area contributed by atoms with Crippen LogP contribution < -0.4 is 10.6 Å². The molecule has 2 amide bonds. The number of benzene rings is 1. The number of thiazole rings is 1. The van der Waals surface area contributed by atoms with Gasteiger partial charge in [0.2, 0.25) is 5.91 Å². The summed E-state index contributed by atoms with van der Waals surface area (Å²) in [7, 11) is 0. The van der Waals surface area contributed by atoms with E-state index in [4.69, 9.17) is 4.74 Å². The van der Waals surface area contributed by atoms with Crippen LogP contribution in [0.3, 0.4) is 0 Å². The van der Waals surface area contributed by atoms with E-state index in [0.29, 0.717) is 25.9 Å². The quantitative estimate of drug-likeness (QED) is 0.527. The molecule has 150 valence electrons. The highest BCUT2D eigenvalue weighted by atomic mass is 32.1. The summed E-state index contributed by atoms with van der Waals surface area (Å²) < 4.78 is 5.12. The first-order valence-electron chi connectivity index (χ1n) is 9.27. The minimum absolute atomic E-state index is 0.0786. The van der Waals surface area contributed by atoms with Crippen molar-refractivity contribution in [2.24, 2.45) is 0 Å². The summed E-state index contributed by atoms with van der Waals surface area (Å²) in [6.07, 6.45) is 3.82. The van der Waals surface area contributed by atoms with E-state index in [1.165, 1.54) is 11.3 Å². The van der Waals surface area contributed by atoms with Gasteiger partial charge in [0.1, 0.15) is 11.6 Å². The molecule has 0 unspecified atom stereocenters. The molecule has 0 radical (unpaired) electrons. The van der Waals surface area contributed by atoms with Gasteiger partial charge in [-0.15, -0.1) is 11.3 Å². The third-order valence-electron chi connectivity index (χ3n) is 4.03. The normalized spacial score (nSPS) is 10.3. The third-order valence-corrected chi connectivity index (χ3v) is 4.88. The van der Waals surface area contributed by atoms with E-state index in [1.807, 2.05) is 47.8 Å². The van der Waals surface area contributed by atoms with Gasteiger partial charge in [-0.2, -0.15) is 0 Å². The van der Waals surface area contributed by atoms with E-state index < -0.39 is 6.09 Å². The molecule has 3 rings (SSSR count). The summed E-state index contributed by atoms with van der Waals surface area (Å²) in [5, 5.41) is 8.30. The van der Waals surface area contributed by atoms with Gasteiger partial charge in [0.15, 0.2) is 0 Å². The molecule has 8 heteroatoms. The van der Waals surface area contributed by atoms with Crippen LogP contribution in [0.4, 0.5) is 4.79 Å². The Morgan fingerprint density at radius 3 is 2.62 bits per heavy atom. The van der Waals surface area contributed by atoms with Crippen LogP contribution in [0.1, 0.15) is 23.4 Å². The van der Waals surface area contributed by atoms with Crippen molar-refractivity contribution in [2.45, 2.75) is 26.0 Å². The predicted octanol–water partition coefficient (Wildman–Crippen LogP) is 3.53. The van der Waals surface area contributed by atoms with Gasteiger partial charge in [0.25, 0.3) is 0 Å². The first-order valence-corrected chi connectivity index (χ1v) is 10.1. The maximum absolute atomic E-state index is 12.0. The van der Waals surface area contributed by atoms with Gasteiger partial charge in [0.05, 0.1) is 12.2 Å². The lowest BCUT2D eigenvalue weighted by atomic mass is 10.2. The first kappa shape index (κ1) is 20.5. The minimum Gasteiger partial charge on any atom is -0.445 e. The van der Waals surface area contributed by atoms with Gasteiger partial charge in [-0.3, -0.25) is 9.78 Å². The third kappa shape index (κ3) is 7.00. The molecule has 0 aliphatic rings. The fourth-order valence-electron chi connectivity index (χ4n) is 2.52. The zero-order valence-corrected chi connectivity index (χ0v) is 16.7. The molecule has 2 aromatic heterocycles. The number of pyridine rings is 1. The monoisotopic (exact) mass is 410 g/mol. The number of carbonyl (C=O) groups is 2. The molecule has 0 aliphatic heterocycles. The Morgan fingerprint density at radius 2 is 1.83 bits per heavy atom. The average molecular weight is 410 g/mol. The van der Waals surface area contributed by atoms with E-state index in [-0.39, 0.29) is 12.5 Å². The molecule has 0 atom stereocenters. The van der Waals surface area contributed by atoms with Crippen LogP contribution in [-0.4, -0.2) is 28.5 Å². The number of hydrogen-bond donors (Lipinski definition) is 2. The van der Waals surface area contributed by atoms with Crippen molar-refractivity contribution in [3.63, 3.8) is 0 Å². The molecule has 2 N–H and O–H groups in total. The number of carbonyl (C=O) groups excluding carboxylic acids is 2. The largest absolute Gasteiger partial charge is 0.445 e. The van der Waals surface area contributed by atoms with Crippen LogP contribution in [-0.2, 0) is 22.7 Å². The van der Waals surface area contributed by atoms with Crippen LogP contribution >= 0.6 is 11.3 Å². The van der Waals surface area contributed by atoms with Crippen molar-refractivity contribution in [1.29, 1.82) is 0 Å². The van der Waals surface area contributed by atoms with Gasteiger partial charge < -0.3 is 15.4 Å².